The van der Waals surface area contributed by atoms with Crippen LogP contribution in [0.4, 0.5) is 5.69 Å². The van der Waals surface area contributed by atoms with Gasteiger partial charge in [0, 0.05) is 6.07 Å². The van der Waals surface area contributed by atoms with E-state index in [0.717, 1.165) is 5.56 Å². The quantitative estimate of drug-likeness (QED) is 0.469. The minimum Gasteiger partial charge on any atom is -0.484 e. The molecule has 1 atom stereocenters. The van der Waals surface area contributed by atoms with Crippen LogP contribution in [0.5, 0.6) is 5.75 Å². The third-order valence-corrected chi connectivity index (χ3v) is 3.03. The second kappa shape index (κ2) is 7.03. The van der Waals surface area contributed by atoms with Crippen LogP contribution < -0.4 is 10.1 Å². The molecule has 0 aliphatic rings. The Morgan fingerprint density at radius 2 is 2.14 bits per heavy atom. The molecule has 1 aromatic carbocycles. The van der Waals surface area contributed by atoms with E-state index < -0.39 is 16.4 Å². The number of methoxy groups -OCH3 is 1. The van der Waals surface area contributed by atoms with Gasteiger partial charge in [-0.15, -0.1) is 0 Å². The second-order valence-electron chi connectivity index (χ2n) is 4.87. The number of carbonyl (C=O) groups excluding carboxylic acids is 1. The Balaban J connectivity index is 2.97. The predicted molar refractivity (Wildman–Crippen MR) is 77.4 cm³/mol. The van der Waals surface area contributed by atoms with E-state index >= 15 is 0 Å². The number of likely N-dealkylation sites (N-methyl/N-ethyl adjacent to an activating group) is 1. The van der Waals surface area contributed by atoms with Crippen molar-refractivity contribution in [1.82, 2.24) is 5.32 Å². The van der Waals surface area contributed by atoms with Crippen molar-refractivity contribution >= 4 is 11.7 Å². The van der Waals surface area contributed by atoms with Crippen LogP contribution in [0.15, 0.2) is 18.2 Å². The van der Waals surface area contributed by atoms with Crippen LogP contribution in [-0.2, 0) is 9.53 Å². The number of esters is 1. The average Bonchev–Trinajstić information content (AvgIpc) is 2.44. The first-order valence-corrected chi connectivity index (χ1v) is 6.55. The summed E-state index contributed by atoms with van der Waals surface area (Å²) >= 11 is 0. The highest BCUT2D eigenvalue weighted by molar-refractivity contribution is 5.80. The monoisotopic (exact) mass is 296 g/mol. The molecule has 7 heteroatoms. The number of aryl methyl sites for hydroxylation is 1. The first-order valence-electron chi connectivity index (χ1n) is 6.55. The smallest absolute Gasteiger partial charge is 0.329 e. The number of hydrogen-bond donors (Lipinski definition) is 1. The van der Waals surface area contributed by atoms with Gasteiger partial charge in [-0.25, -0.2) is 4.79 Å². The minimum atomic E-state index is -1.07. The lowest BCUT2D eigenvalue weighted by Crippen LogP contribution is -2.54. The van der Waals surface area contributed by atoms with Gasteiger partial charge in [-0.05, 0) is 32.0 Å². The molecule has 0 saturated heterocycles. The normalized spacial score (nSPS) is 13.3. The summed E-state index contributed by atoms with van der Waals surface area (Å²) in [6, 6.07) is 4.59. The molecule has 0 bridgehead atoms. The maximum atomic E-state index is 11.8. The number of carbonyl (C=O) groups is 1. The van der Waals surface area contributed by atoms with E-state index in [1.54, 1.807) is 26.0 Å². The van der Waals surface area contributed by atoms with Crippen molar-refractivity contribution in [2.75, 3.05) is 20.3 Å². The molecule has 1 aromatic rings. The van der Waals surface area contributed by atoms with E-state index in [9.17, 15) is 14.9 Å². The maximum absolute atomic E-state index is 11.8. The zero-order valence-electron chi connectivity index (χ0n) is 12.6. The predicted octanol–water partition coefficient (Wildman–Crippen LogP) is 1.82. The zero-order chi connectivity index (χ0) is 16.0. The Bertz CT molecular complexity index is 532. The van der Waals surface area contributed by atoms with Crippen molar-refractivity contribution in [3.05, 3.63) is 33.9 Å². The van der Waals surface area contributed by atoms with Gasteiger partial charge >= 0.3 is 11.7 Å². The number of benzene rings is 1. The van der Waals surface area contributed by atoms with Gasteiger partial charge in [0.1, 0.15) is 12.1 Å². The maximum Gasteiger partial charge on any atom is 0.329 e. The van der Waals surface area contributed by atoms with Crippen LogP contribution in [0.1, 0.15) is 19.4 Å². The minimum absolute atomic E-state index is 0.0716. The van der Waals surface area contributed by atoms with Gasteiger partial charge in [-0.2, -0.15) is 0 Å². The number of nitrogens with one attached hydrogen (secondary N) is 1. The Morgan fingerprint density at radius 3 is 2.67 bits per heavy atom. The lowest BCUT2D eigenvalue weighted by Gasteiger charge is -2.27. The van der Waals surface area contributed by atoms with Crippen molar-refractivity contribution in [3.63, 3.8) is 0 Å². The summed E-state index contributed by atoms with van der Waals surface area (Å²) in [4.78, 5) is 22.3. The van der Waals surface area contributed by atoms with Crippen molar-refractivity contribution in [1.29, 1.82) is 0 Å². The molecule has 0 aromatic heterocycles. The molecule has 0 spiro atoms. The molecule has 21 heavy (non-hydrogen) atoms. The Morgan fingerprint density at radius 1 is 1.48 bits per heavy atom. The van der Waals surface area contributed by atoms with Crippen LogP contribution in [0.3, 0.4) is 0 Å². The topological polar surface area (TPSA) is 90.7 Å². The summed E-state index contributed by atoms with van der Waals surface area (Å²) in [5.74, 6) is -0.354. The van der Waals surface area contributed by atoms with E-state index in [4.69, 9.17) is 9.47 Å². The van der Waals surface area contributed by atoms with Gasteiger partial charge in [-0.3, -0.25) is 15.4 Å². The first kappa shape index (κ1) is 16.9. The summed E-state index contributed by atoms with van der Waals surface area (Å²) in [6.07, 6.45) is 0. The number of nitrogens with zero attached hydrogens (tertiary/aromatic N) is 1. The number of nitro groups is 1. The van der Waals surface area contributed by atoms with Crippen LogP contribution in [0, 0.1) is 17.0 Å². The molecule has 0 saturated carbocycles. The van der Waals surface area contributed by atoms with Crippen molar-refractivity contribution in [2.45, 2.75) is 26.3 Å². The van der Waals surface area contributed by atoms with E-state index in [1.807, 2.05) is 6.92 Å². The molecule has 1 unspecified atom stereocenters. The largest absolute Gasteiger partial charge is 0.484 e. The van der Waals surface area contributed by atoms with Crippen LogP contribution in [0.2, 0.25) is 0 Å². The summed E-state index contributed by atoms with van der Waals surface area (Å²) < 4.78 is 10.3. The summed E-state index contributed by atoms with van der Waals surface area (Å²) in [5.41, 5.74) is -0.371. The SMILES string of the molecule is CCNC(C)(COc1cc(C)ccc1[N+](=O)[O-])C(=O)OC. The molecule has 0 aliphatic heterocycles. The second-order valence-corrected chi connectivity index (χ2v) is 4.87. The van der Waals surface area contributed by atoms with Gasteiger partial charge in [0.15, 0.2) is 5.75 Å². The summed E-state index contributed by atoms with van der Waals surface area (Å²) in [7, 11) is 1.28. The molecule has 0 radical (unpaired) electrons. The van der Waals surface area contributed by atoms with E-state index in [2.05, 4.69) is 5.32 Å². The zero-order valence-corrected chi connectivity index (χ0v) is 12.6. The van der Waals surface area contributed by atoms with E-state index in [1.165, 1.54) is 13.2 Å². The molecule has 0 aliphatic carbocycles. The van der Waals surface area contributed by atoms with Gasteiger partial charge in [0.2, 0.25) is 0 Å². The van der Waals surface area contributed by atoms with Crippen molar-refractivity contribution < 1.29 is 19.2 Å². The lowest BCUT2D eigenvalue weighted by atomic mass is 10.0. The van der Waals surface area contributed by atoms with Crippen LogP contribution >= 0.6 is 0 Å². The first-order chi connectivity index (χ1) is 9.84. The molecule has 116 valence electrons. The van der Waals surface area contributed by atoms with E-state index in [-0.39, 0.29) is 18.0 Å². The molecular weight excluding hydrogens is 276 g/mol. The average molecular weight is 296 g/mol. The van der Waals surface area contributed by atoms with Gasteiger partial charge < -0.3 is 9.47 Å². The van der Waals surface area contributed by atoms with Crippen molar-refractivity contribution in [2.24, 2.45) is 0 Å². The number of nitro benzene ring substituents is 1. The van der Waals surface area contributed by atoms with Crippen molar-refractivity contribution in [3.8, 4) is 5.75 Å². The highest BCUT2D eigenvalue weighted by atomic mass is 16.6. The summed E-state index contributed by atoms with van der Waals surface area (Å²) in [6.45, 7) is 5.74. The van der Waals surface area contributed by atoms with Crippen LogP contribution in [-0.4, -0.2) is 36.7 Å². The molecule has 0 heterocycles. The Hall–Kier alpha value is -2.15. The number of ether oxygens (including phenoxy) is 2. The fraction of sp³-hybridized carbons (Fsp3) is 0.500. The third-order valence-electron chi connectivity index (χ3n) is 3.03. The molecule has 0 amide bonds. The molecular formula is C14H20N2O5. The van der Waals surface area contributed by atoms with Gasteiger partial charge in [0.05, 0.1) is 12.0 Å². The fourth-order valence-corrected chi connectivity index (χ4v) is 1.91. The summed E-state index contributed by atoms with van der Waals surface area (Å²) in [5, 5.41) is 14.0. The van der Waals surface area contributed by atoms with Gasteiger partial charge in [-0.1, -0.05) is 13.0 Å². The highest BCUT2D eigenvalue weighted by Crippen LogP contribution is 2.28. The number of hydrogen-bond acceptors (Lipinski definition) is 6. The Kier molecular flexibility index (Phi) is 5.66. The fourth-order valence-electron chi connectivity index (χ4n) is 1.91. The molecule has 1 N–H and O–H groups in total. The Labute approximate surface area is 123 Å². The lowest BCUT2D eigenvalue weighted by molar-refractivity contribution is -0.385. The van der Waals surface area contributed by atoms with E-state index in [0.29, 0.717) is 6.54 Å². The van der Waals surface area contributed by atoms with Gasteiger partial charge in [0.25, 0.3) is 0 Å². The standard InChI is InChI=1S/C14H20N2O5/c1-5-15-14(3,13(17)20-4)9-21-12-8-10(2)6-7-11(12)16(18)19/h6-8,15H,5,9H2,1-4H3. The molecule has 7 nitrogen and oxygen atoms in total. The number of rotatable bonds is 7. The third kappa shape index (κ3) is 4.16. The highest BCUT2D eigenvalue weighted by Gasteiger charge is 2.35. The molecule has 0 fully saturated rings. The van der Waals surface area contributed by atoms with Crippen LogP contribution in [0.25, 0.3) is 0 Å². The molecule has 1 rings (SSSR count).